The molecule has 0 unspecified atom stereocenters. The predicted octanol–water partition coefficient (Wildman–Crippen LogP) is 1.83. The van der Waals surface area contributed by atoms with Crippen molar-refractivity contribution in [1.82, 2.24) is 9.55 Å². The Morgan fingerprint density at radius 2 is 2.05 bits per heavy atom. The van der Waals surface area contributed by atoms with Gasteiger partial charge in [-0.3, -0.25) is 4.57 Å². The Labute approximate surface area is 117 Å². The van der Waals surface area contributed by atoms with Gasteiger partial charge in [0.2, 0.25) is 5.95 Å². The number of aromatic nitrogens is 2. The maximum absolute atomic E-state index is 12.2. The molecule has 3 N–H and O–H groups in total. The maximum atomic E-state index is 12.2. The average molecular weight is 290 g/mol. The van der Waals surface area contributed by atoms with Crippen LogP contribution in [-0.4, -0.2) is 18.0 Å². The van der Waals surface area contributed by atoms with E-state index in [1.807, 2.05) is 0 Å². The number of benzene rings is 1. The fraction of sp³-hybridized carbons (Fsp3) is 0.0769. The van der Waals surface area contributed by atoms with Gasteiger partial charge in [0.1, 0.15) is 0 Å². The Kier molecular flexibility index (Phi) is 3.65. The molecule has 0 atom stereocenters. The molecule has 0 amide bonds. The zero-order chi connectivity index (χ0) is 14.8. The summed E-state index contributed by atoms with van der Waals surface area (Å²) in [6, 6.07) is 5.91. The van der Waals surface area contributed by atoms with Gasteiger partial charge < -0.3 is 5.73 Å². The Hall–Kier alpha value is -2.50. The van der Waals surface area contributed by atoms with Gasteiger partial charge in [-0.2, -0.15) is 0 Å². The van der Waals surface area contributed by atoms with Gasteiger partial charge in [-0.15, -0.1) is 5.73 Å². The van der Waals surface area contributed by atoms with E-state index in [9.17, 15) is 8.42 Å². The second kappa shape index (κ2) is 5.24. The maximum Gasteiger partial charge on any atom is 0.264 e. The van der Waals surface area contributed by atoms with E-state index in [-0.39, 0.29) is 10.8 Å². The highest BCUT2D eigenvalue weighted by molar-refractivity contribution is 7.92. The molecule has 7 heteroatoms. The largest absolute Gasteiger partial charge is 0.399 e. The molecule has 2 rings (SSSR count). The van der Waals surface area contributed by atoms with Crippen molar-refractivity contribution in [3.63, 3.8) is 0 Å². The first kappa shape index (κ1) is 13.9. The van der Waals surface area contributed by atoms with Crippen LogP contribution in [0.5, 0.6) is 0 Å². The van der Waals surface area contributed by atoms with E-state index in [0.717, 1.165) is 5.69 Å². The van der Waals surface area contributed by atoms with E-state index in [2.05, 4.69) is 22.0 Å². The first-order valence-corrected chi connectivity index (χ1v) is 7.20. The van der Waals surface area contributed by atoms with E-state index < -0.39 is 10.0 Å². The molecule has 0 saturated heterocycles. The second-order valence-electron chi connectivity index (χ2n) is 4.10. The minimum Gasteiger partial charge on any atom is -0.399 e. The Morgan fingerprint density at radius 3 is 2.65 bits per heavy atom. The molecular weight excluding hydrogens is 276 g/mol. The van der Waals surface area contributed by atoms with Crippen molar-refractivity contribution in [2.75, 3.05) is 10.5 Å². The molecular formula is C13H14N4O2S. The number of sulfonamides is 1. The molecule has 0 fully saturated rings. The third-order valence-corrected chi connectivity index (χ3v) is 3.96. The van der Waals surface area contributed by atoms with Crippen LogP contribution < -0.4 is 10.5 Å². The number of imidazole rings is 1. The lowest BCUT2D eigenvalue weighted by atomic mass is 10.3. The van der Waals surface area contributed by atoms with E-state index in [1.54, 1.807) is 17.7 Å². The highest BCUT2D eigenvalue weighted by Crippen LogP contribution is 2.17. The number of aryl methyl sites for hydroxylation is 1. The highest BCUT2D eigenvalue weighted by Gasteiger charge is 2.17. The molecule has 1 heterocycles. The van der Waals surface area contributed by atoms with Crippen molar-refractivity contribution in [1.29, 1.82) is 0 Å². The van der Waals surface area contributed by atoms with Crippen LogP contribution in [0.25, 0.3) is 6.20 Å². The topological polar surface area (TPSA) is 90.0 Å². The van der Waals surface area contributed by atoms with Crippen molar-refractivity contribution >= 4 is 27.9 Å². The third kappa shape index (κ3) is 2.74. The molecule has 0 saturated carbocycles. The molecule has 1 aromatic heterocycles. The van der Waals surface area contributed by atoms with Crippen LogP contribution in [0.2, 0.25) is 0 Å². The molecule has 0 radical (unpaired) electrons. The average Bonchev–Trinajstić information content (AvgIpc) is 2.72. The zero-order valence-corrected chi connectivity index (χ0v) is 11.7. The molecule has 0 bridgehead atoms. The summed E-state index contributed by atoms with van der Waals surface area (Å²) in [6.45, 7) is 5.26. The lowest BCUT2D eigenvalue weighted by molar-refractivity contribution is 0.600. The fourth-order valence-electron chi connectivity index (χ4n) is 1.60. The minimum atomic E-state index is -3.71. The summed E-state index contributed by atoms with van der Waals surface area (Å²) in [5.41, 5.74) is 9.38. The van der Waals surface area contributed by atoms with Gasteiger partial charge in [-0.1, -0.05) is 6.58 Å². The van der Waals surface area contributed by atoms with Gasteiger partial charge in [0, 0.05) is 11.4 Å². The van der Waals surface area contributed by atoms with Crippen molar-refractivity contribution in [2.24, 2.45) is 0 Å². The number of nitrogens with two attached hydrogens (primary N) is 1. The first-order chi connectivity index (χ1) is 9.44. The molecule has 2 aromatic rings. The van der Waals surface area contributed by atoms with Crippen molar-refractivity contribution < 1.29 is 8.42 Å². The standard InChI is InChI=1S/C13H14N4O2S/c1-3-8-17-10(2)9-15-13(17)16-20(18,19)12-6-4-11(14)5-7-12/h4-9H,1,14H2,2H3,(H,15,16). The van der Waals surface area contributed by atoms with Gasteiger partial charge in [0.25, 0.3) is 10.0 Å². The van der Waals surface area contributed by atoms with E-state index >= 15 is 0 Å². The van der Waals surface area contributed by atoms with E-state index in [4.69, 9.17) is 5.73 Å². The molecule has 104 valence electrons. The molecule has 20 heavy (non-hydrogen) atoms. The summed E-state index contributed by atoms with van der Waals surface area (Å²) in [5, 5.41) is 0. The predicted molar refractivity (Wildman–Crippen MR) is 78.5 cm³/mol. The van der Waals surface area contributed by atoms with Crippen LogP contribution in [0.3, 0.4) is 0 Å². The summed E-state index contributed by atoms with van der Waals surface area (Å²) in [4.78, 5) is 4.12. The number of anilines is 2. The SMILES string of the molecule is C=C=Cn1c(C)cnc1NS(=O)(=O)c1ccc(N)cc1. The Morgan fingerprint density at radius 1 is 1.40 bits per heavy atom. The smallest absolute Gasteiger partial charge is 0.264 e. The van der Waals surface area contributed by atoms with Crippen LogP contribution in [0.1, 0.15) is 5.69 Å². The van der Waals surface area contributed by atoms with Gasteiger partial charge >= 0.3 is 0 Å². The van der Waals surface area contributed by atoms with Crippen LogP contribution in [0.15, 0.2) is 47.7 Å². The number of nitrogen functional groups attached to an aromatic ring is 1. The molecule has 0 aliphatic rings. The van der Waals surface area contributed by atoms with Crippen LogP contribution in [-0.2, 0) is 10.0 Å². The fourth-order valence-corrected chi connectivity index (χ4v) is 2.61. The molecule has 0 aliphatic heterocycles. The van der Waals surface area contributed by atoms with Gasteiger partial charge in [0.15, 0.2) is 0 Å². The van der Waals surface area contributed by atoms with Crippen molar-refractivity contribution in [2.45, 2.75) is 11.8 Å². The number of nitrogens with one attached hydrogen (secondary N) is 1. The van der Waals surface area contributed by atoms with Crippen LogP contribution in [0.4, 0.5) is 11.6 Å². The molecule has 0 aliphatic carbocycles. The highest BCUT2D eigenvalue weighted by atomic mass is 32.2. The number of rotatable bonds is 4. The normalized spacial score (nSPS) is 10.8. The molecule has 6 nitrogen and oxygen atoms in total. The zero-order valence-electron chi connectivity index (χ0n) is 10.9. The van der Waals surface area contributed by atoms with Gasteiger partial charge in [-0.05, 0) is 31.2 Å². The van der Waals surface area contributed by atoms with Crippen LogP contribution in [0, 0.1) is 6.92 Å². The lowest BCUT2D eigenvalue weighted by Gasteiger charge is -2.08. The molecule has 1 aromatic carbocycles. The monoisotopic (exact) mass is 290 g/mol. The van der Waals surface area contributed by atoms with E-state index in [1.165, 1.54) is 30.5 Å². The number of nitrogens with zero attached hydrogens (tertiary/aromatic N) is 2. The summed E-state index contributed by atoms with van der Waals surface area (Å²) in [7, 11) is -3.71. The quantitative estimate of drug-likeness (QED) is 0.664. The van der Waals surface area contributed by atoms with Gasteiger partial charge in [0.05, 0.1) is 17.3 Å². The Bertz CT molecular complexity index is 769. The minimum absolute atomic E-state index is 0.112. The Balaban J connectivity index is 2.38. The summed E-state index contributed by atoms with van der Waals surface area (Å²) < 4.78 is 28.4. The van der Waals surface area contributed by atoms with Crippen molar-refractivity contribution in [3.05, 3.63) is 48.5 Å². The summed E-state index contributed by atoms with van der Waals surface area (Å²) in [6.07, 6.45) is 3.05. The lowest BCUT2D eigenvalue weighted by Crippen LogP contribution is -2.15. The summed E-state index contributed by atoms with van der Waals surface area (Å²) >= 11 is 0. The third-order valence-electron chi connectivity index (χ3n) is 2.62. The molecule has 0 spiro atoms. The number of hydrogen-bond donors (Lipinski definition) is 2. The summed E-state index contributed by atoms with van der Waals surface area (Å²) in [5.74, 6) is 0.176. The van der Waals surface area contributed by atoms with Crippen LogP contribution >= 0.6 is 0 Å². The van der Waals surface area contributed by atoms with Crippen molar-refractivity contribution in [3.8, 4) is 0 Å². The van der Waals surface area contributed by atoms with E-state index in [0.29, 0.717) is 5.69 Å². The number of hydrogen-bond acceptors (Lipinski definition) is 4. The first-order valence-electron chi connectivity index (χ1n) is 5.72. The van der Waals surface area contributed by atoms with Gasteiger partial charge in [-0.25, -0.2) is 18.1 Å². The second-order valence-corrected chi connectivity index (χ2v) is 5.78.